The van der Waals surface area contributed by atoms with Crippen molar-refractivity contribution in [1.82, 2.24) is 4.90 Å². The van der Waals surface area contributed by atoms with Gasteiger partial charge < -0.3 is 10.5 Å². The summed E-state index contributed by atoms with van der Waals surface area (Å²) in [6.45, 7) is 1.20. The summed E-state index contributed by atoms with van der Waals surface area (Å²) in [5, 5.41) is 0. The van der Waals surface area contributed by atoms with Gasteiger partial charge >= 0.3 is 0 Å². The van der Waals surface area contributed by atoms with Gasteiger partial charge in [0.05, 0.1) is 7.11 Å². The first-order valence-electron chi connectivity index (χ1n) is 7.35. The lowest BCUT2D eigenvalue weighted by molar-refractivity contribution is 0.0747. The molecular weight excluding hydrogens is 255 g/mol. The van der Waals surface area contributed by atoms with Gasteiger partial charge in [-0.1, -0.05) is 31.4 Å². The number of hydrogen-bond donors (Lipinski definition) is 1. The fourth-order valence-corrected chi connectivity index (χ4v) is 3.21. The van der Waals surface area contributed by atoms with Crippen LogP contribution < -0.4 is 10.5 Å². The van der Waals surface area contributed by atoms with E-state index < -0.39 is 0 Å². The smallest absolute Gasteiger partial charge is 0.169 e. The summed E-state index contributed by atoms with van der Waals surface area (Å²) in [4.78, 5) is 2.23. The van der Waals surface area contributed by atoms with Crippen molar-refractivity contribution >= 4 is 0 Å². The average Bonchev–Trinajstić information content (AvgIpc) is 2.50. The quantitative estimate of drug-likeness (QED) is 0.901. The molecule has 0 aromatic heterocycles. The number of rotatable bonds is 5. The number of hydrogen-bond acceptors (Lipinski definition) is 3. The average molecular weight is 280 g/mol. The van der Waals surface area contributed by atoms with Crippen molar-refractivity contribution in [2.24, 2.45) is 5.73 Å². The number of ether oxygens (including phenoxy) is 1. The Bertz CT molecular complexity index is 444. The van der Waals surface area contributed by atoms with Gasteiger partial charge in [0.1, 0.15) is 0 Å². The highest BCUT2D eigenvalue weighted by atomic mass is 19.1. The molecule has 0 spiro atoms. The van der Waals surface area contributed by atoms with E-state index in [1.54, 1.807) is 6.07 Å². The normalized spacial score (nSPS) is 18.2. The lowest BCUT2D eigenvalue weighted by Gasteiger charge is -2.44. The molecule has 2 rings (SSSR count). The third kappa shape index (κ3) is 2.96. The Labute approximate surface area is 120 Å². The number of methoxy groups -OCH3 is 1. The van der Waals surface area contributed by atoms with Crippen LogP contribution in [0.3, 0.4) is 0 Å². The van der Waals surface area contributed by atoms with Crippen LogP contribution in [0.25, 0.3) is 0 Å². The Balaban J connectivity index is 2.16. The molecule has 0 atom stereocenters. The van der Waals surface area contributed by atoms with Crippen molar-refractivity contribution in [3.05, 3.63) is 29.6 Å². The molecule has 1 aliphatic carbocycles. The molecule has 0 amide bonds. The fraction of sp³-hybridized carbons (Fsp3) is 0.625. The molecule has 3 nitrogen and oxygen atoms in total. The van der Waals surface area contributed by atoms with Gasteiger partial charge in [-0.05, 0) is 26.0 Å². The van der Waals surface area contributed by atoms with E-state index >= 15 is 0 Å². The molecule has 0 bridgehead atoms. The van der Waals surface area contributed by atoms with Crippen LogP contribution in [0.4, 0.5) is 4.39 Å². The number of nitrogens with zero attached hydrogens (tertiary/aromatic N) is 1. The van der Waals surface area contributed by atoms with Crippen molar-refractivity contribution in [3.8, 4) is 5.75 Å². The van der Waals surface area contributed by atoms with Crippen LogP contribution in [0.1, 0.15) is 37.7 Å². The summed E-state index contributed by atoms with van der Waals surface area (Å²) >= 11 is 0. The molecule has 1 aromatic rings. The van der Waals surface area contributed by atoms with Crippen LogP contribution >= 0.6 is 0 Å². The fourth-order valence-electron chi connectivity index (χ4n) is 3.21. The minimum absolute atomic E-state index is 0.0216. The second-order valence-corrected chi connectivity index (χ2v) is 5.78. The van der Waals surface area contributed by atoms with Gasteiger partial charge in [0.2, 0.25) is 0 Å². The molecule has 1 aliphatic rings. The van der Waals surface area contributed by atoms with Gasteiger partial charge in [0.25, 0.3) is 0 Å². The van der Waals surface area contributed by atoms with Crippen molar-refractivity contribution < 1.29 is 9.13 Å². The second-order valence-electron chi connectivity index (χ2n) is 5.78. The number of halogens is 1. The Morgan fingerprint density at radius 1 is 1.30 bits per heavy atom. The summed E-state index contributed by atoms with van der Waals surface area (Å²) in [7, 11) is 3.55. The predicted molar refractivity (Wildman–Crippen MR) is 79.3 cm³/mol. The number of likely N-dealkylation sites (N-methyl/N-ethyl adjacent to an activating group) is 1. The van der Waals surface area contributed by atoms with Crippen molar-refractivity contribution in [1.29, 1.82) is 0 Å². The Morgan fingerprint density at radius 3 is 2.60 bits per heavy atom. The molecule has 4 heteroatoms. The highest BCUT2D eigenvalue weighted by molar-refractivity contribution is 5.31. The van der Waals surface area contributed by atoms with Gasteiger partial charge in [-0.2, -0.15) is 0 Å². The third-order valence-electron chi connectivity index (χ3n) is 4.64. The lowest BCUT2D eigenvalue weighted by atomic mass is 9.80. The molecule has 0 radical (unpaired) electrons. The number of benzene rings is 1. The summed E-state index contributed by atoms with van der Waals surface area (Å²) in [6.07, 6.45) is 5.91. The molecule has 1 aromatic carbocycles. The Hall–Kier alpha value is -1.13. The zero-order valence-corrected chi connectivity index (χ0v) is 12.5. The molecular formula is C16H25FN2O. The largest absolute Gasteiger partial charge is 0.494 e. The first-order valence-corrected chi connectivity index (χ1v) is 7.35. The van der Waals surface area contributed by atoms with Gasteiger partial charge in [0, 0.05) is 24.2 Å². The van der Waals surface area contributed by atoms with E-state index in [4.69, 9.17) is 10.5 Å². The molecule has 0 unspecified atom stereocenters. The molecule has 2 N–H and O–H groups in total. The predicted octanol–water partition coefficient (Wildman–Crippen LogP) is 2.93. The van der Waals surface area contributed by atoms with Crippen molar-refractivity contribution in [2.75, 3.05) is 20.7 Å². The van der Waals surface area contributed by atoms with Crippen molar-refractivity contribution in [2.45, 2.75) is 44.2 Å². The maximum absolute atomic E-state index is 14.2. The maximum atomic E-state index is 14.2. The van der Waals surface area contributed by atoms with Gasteiger partial charge in [-0.3, -0.25) is 4.90 Å². The Morgan fingerprint density at radius 2 is 2.00 bits per heavy atom. The van der Waals surface area contributed by atoms with Crippen LogP contribution in [0.15, 0.2) is 18.2 Å². The van der Waals surface area contributed by atoms with Gasteiger partial charge in [-0.25, -0.2) is 4.39 Å². The van der Waals surface area contributed by atoms with E-state index in [2.05, 4.69) is 11.9 Å². The summed E-state index contributed by atoms with van der Waals surface area (Å²) in [6, 6.07) is 5.31. The SMILES string of the molecule is COc1cccc(CN(C)C2(CN)CCCCC2)c1F. The first kappa shape index (κ1) is 15.3. The van der Waals surface area contributed by atoms with E-state index in [-0.39, 0.29) is 11.4 Å². The monoisotopic (exact) mass is 280 g/mol. The summed E-state index contributed by atoms with van der Waals surface area (Å²) in [5.74, 6) is 0.0474. The highest BCUT2D eigenvalue weighted by Gasteiger charge is 2.34. The first-order chi connectivity index (χ1) is 9.63. The molecule has 112 valence electrons. The third-order valence-corrected chi connectivity index (χ3v) is 4.64. The second kappa shape index (κ2) is 6.55. The van der Waals surface area contributed by atoms with E-state index in [1.165, 1.54) is 26.4 Å². The topological polar surface area (TPSA) is 38.5 Å². The van der Waals surface area contributed by atoms with Gasteiger partial charge in [0.15, 0.2) is 11.6 Å². The molecule has 1 saturated carbocycles. The van der Waals surface area contributed by atoms with E-state index in [0.717, 1.165) is 12.8 Å². The van der Waals surface area contributed by atoms with Crippen LogP contribution in [-0.4, -0.2) is 31.1 Å². The summed E-state index contributed by atoms with van der Waals surface area (Å²) in [5.41, 5.74) is 6.72. The van der Waals surface area contributed by atoms with Crippen LogP contribution in [0, 0.1) is 5.82 Å². The molecule has 1 fully saturated rings. The minimum Gasteiger partial charge on any atom is -0.494 e. The maximum Gasteiger partial charge on any atom is 0.169 e. The highest BCUT2D eigenvalue weighted by Crippen LogP contribution is 2.33. The standard InChI is InChI=1S/C16H25FN2O/c1-19(16(12-18)9-4-3-5-10-16)11-13-7-6-8-14(20-2)15(13)17/h6-8H,3-5,9-12,18H2,1-2H3. The van der Waals surface area contributed by atoms with Crippen LogP contribution in [-0.2, 0) is 6.54 Å². The van der Waals surface area contributed by atoms with E-state index in [0.29, 0.717) is 24.4 Å². The van der Waals surface area contributed by atoms with Crippen molar-refractivity contribution in [3.63, 3.8) is 0 Å². The zero-order chi connectivity index (χ0) is 14.6. The number of nitrogens with two attached hydrogens (primary N) is 1. The zero-order valence-electron chi connectivity index (χ0n) is 12.5. The molecule has 0 saturated heterocycles. The van der Waals surface area contributed by atoms with Crippen LogP contribution in [0.2, 0.25) is 0 Å². The van der Waals surface area contributed by atoms with E-state index in [1.807, 2.05) is 12.1 Å². The molecule has 0 heterocycles. The lowest BCUT2D eigenvalue weighted by Crippen LogP contribution is -2.52. The van der Waals surface area contributed by atoms with Gasteiger partial charge in [-0.15, -0.1) is 0 Å². The minimum atomic E-state index is -0.259. The van der Waals surface area contributed by atoms with E-state index in [9.17, 15) is 4.39 Å². The Kier molecular flexibility index (Phi) is 5.00. The van der Waals surface area contributed by atoms with Crippen LogP contribution in [0.5, 0.6) is 5.75 Å². The molecule has 0 aliphatic heterocycles. The molecule has 20 heavy (non-hydrogen) atoms. The summed E-state index contributed by atoms with van der Waals surface area (Å²) < 4.78 is 19.3.